The summed E-state index contributed by atoms with van der Waals surface area (Å²) in [5.41, 5.74) is -4.59. The fourth-order valence-corrected chi connectivity index (χ4v) is 5.49. The van der Waals surface area contributed by atoms with Gasteiger partial charge in [-0.15, -0.1) is 0 Å². The summed E-state index contributed by atoms with van der Waals surface area (Å²) in [5.74, 6) is 0. The van der Waals surface area contributed by atoms with Gasteiger partial charge in [-0.2, -0.15) is 13.2 Å². The van der Waals surface area contributed by atoms with E-state index < -0.39 is 31.4 Å². The molecule has 1 unspecified atom stereocenters. The largest absolute Gasteiger partial charge is 0.501 e. The predicted molar refractivity (Wildman–Crippen MR) is 104 cm³/mol. The molecule has 30 heavy (non-hydrogen) atoms. The molecule has 9 heteroatoms. The molecule has 2 aliphatic heterocycles. The van der Waals surface area contributed by atoms with E-state index in [0.29, 0.717) is 29.7 Å². The van der Waals surface area contributed by atoms with Gasteiger partial charge in [-0.25, -0.2) is 8.42 Å². The van der Waals surface area contributed by atoms with E-state index >= 15 is 0 Å². The Labute approximate surface area is 172 Å². The molecule has 0 amide bonds. The van der Waals surface area contributed by atoms with Crippen molar-refractivity contribution in [1.82, 2.24) is 9.88 Å². The van der Waals surface area contributed by atoms with Crippen LogP contribution in [-0.2, 0) is 20.2 Å². The molecular formula is C21H19F3N2O3S. The molecule has 1 aromatic carbocycles. The molecule has 2 spiro atoms. The van der Waals surface area contributed by atoms with Crippen LogP contribution in [-0.4, -0.2) is 49.5 Å². The number of halogens is 3. The first-order valence-corrected chi connectivity index (χ1v) is 11.1. The lowest BCUT2D eigenvalue weighted by Gasteiger charge is -2.30. The number of hydrogen-bond donors (Lipinski definition) is 0. The molecule has 5 nitrogen and oxygen atoms in total. The van der Waals surface area contributed by atoms with Crippen LogP contribution < -0.4 is 0 Å². The van der Waals surface area contributed by atoms with E-state index in [1.807, 2.05) is 19.2 Å². The summed E-state index contributed by atoms with van der Waals surface area (Å²) >= 11 is 0. The third-order valence-electron chi connectivity index (χ3n) is 6.38. The smallest absolute Gasteiger partial charge is 0.350 e. The lowest BCUT2D eigenvalue weighted by atomic mass is 9.76. The Kier molecular flexibility index (Phi) is 4.04. The Balaban J connectivity index is 1.74. The Morgan fingerprint density at radius 1 is 1.10 bits per heavy atom. The second-order valence-corrected chi connectivity index (χ2v) is 9.99. The molecule has 2 fully saturated rings. The lowest BCUT2D eigenvalue weighted by molar-refractivity contribution is -0.0436. The van der Waals surface area contributed by atoms with Crippen LogP contribution in [0.25, 0.3) is 12.2 Å². The fourth-order valence-electron chi connectivity index (χ4n) is 4.71. The van der Waals surface area contributed by atoms with E-state index in [9.17, 15) is 21.6 Å². The van der Waals surface area contributed by atoms with Crippen LogP contribution in [0.15, 0.2) is 41.4 Å². The van der Waals surface area contributed by atoms with Gasteiger partial charge in [-0.05, 0) is 49.2 Å². The number of rotatable bonds is 1. The monoisotopic (exact) mass is 436 g/mol. The highest BCUT2D eigenvalue weighted by atomic mass is 32.2. The Hall–Kier alpha value is -2.23. The highest BCUT2D eigenvalue weighted by Crippen LogP contribution is 2.66. The van der Waals surface area contributed by atoms with Crippen LogP contribution >= 0.6 is 0 Å². The van der Waals surface area contributed by atoms with E-state index in [-0.39, 0.29) is 0 Å². The quantitative estimate of drug-likeness (QED) is 0.640. The van der Waals surface area contributed by atoms with Gasteiger partial charge in [0.2, 0.25) is 0 Å². The highest BCUT2D eigenvalue weighted by Gasteiger charge is 2.73. The van der Waals surface area contributed by atoms with E-state index in [0.717, 1.165) is 30.8 Å². The zero-order chi connectivity index (χ0) is 21.4. The van der Waals surface area contributed by atoms with Gasteiger partial charge in [-0.3, -0.25) is 4.98 Å². The zero-order valence-electron chi connectivity index (χ0n) is 16.1. The number of nitrogens with zero attached hydrogens (tertiary/aromatic N) is 2. The van der Waals surface area contributed by atoms with Crippen LogP contribution in [0.5, 0.6) is 0 Å². The van der Waals surface area contributed by atoms with Crippen LogP contribution in [0.2, 0.25) is 0 Å². The normalized spacial score (nSPS) is 25.1. The molecule has 3 aliphatic rings. The van der Waals surface area contributed by atoms with Gasteiger partial charge < -0.3 is 9.64 Å². The molecule has 2 aromatic rings. The number of sulfone groups is 1. The average Bonchev–Trinajstić information content (AvgIpc) is 3.39. The molecule has 0 N–H and O–H groups in total. The molecular weight excluding hydrogens is 417 g/mol. The van der Waals surface area contributed by atoms with Gasteiger partial charge in [0.15, 0.2) is 5.60 Å². The summed E-state index contributed by atoms with van der Waals surface area (Å²) in [7, 11) is -3.48. The summed E-state index contributed by atoms with van der Waals surface area (Å²) in [6.07, 6.45) is 6.60. The predicted octanol–water partition coefficient (Wildman–Crippen LogP) is 3.60. The van der Waals surface area contributed by atoms with Crippen molar-refractivity contribution >= 4 is 22.0 Å². The number of alkyl halides is 3. The number of piperidine rings is 1. The van der Waals surface area contributed by atoms with Crippen molar-refractivity contribution in [2.45, 2.75) is 34.4 Å². The topological polar surface area (TPSA) is 62.8 Å². The first-order valence-electron chi connectivity index (χ1n) is 9.59. The molecule has 0 bridgehead atoms. The van der Waals surface area contributed by atoms with Crippen molar-refractivity contribution in [2.75, 3.05) is 20.1 Å². The van der Waals surface area contributed by atoms with Crippen LogP contribution in [0.3, 0.4) is 0 Å². The number of hydrogen-bond acceptors (Lipinski definition) is 5. The van der Waals surface area contributed by atoms with Crippen LogP contribution in [0.4, 0.5) is 13.2 Å². The third-order valence-corrected chi connectivity index (χ3v) is 7.86. The molecule has 2 saturated heterocycles. The van der Waals surface area contributed by atoms with E-state index in [2.05, 4.69) is 9.88 Å². The van der Waals surface area contributed by atoms with E-state index in [1.54, 1.807) is 18.3 Å². The average molecular weight is 436 g/mol. The standard InChI is InChI=1S/C21H19F3N2O3S/c1-26-11-8-19(9-12-26)20(29-19)17-13-16(30(27,28)21(22,23)24)7-6-14(17)4-5-15-3-2-10-25-18(15)20/h2-7,10,13H,8-9,11-12H2,1H3. The van der Waals surface area contributed by atoms with Gasteiger partial charge in [0, 0.05) is 24.8 Å². The highest BCUT2D eigenvalue weighted by molar-refractivity contribution is 7.92. The third kappa shape index (κ3) is 2.55. The minimum Gasteiger partial charge on any atom is -0.350 e. The minimum atomic E-state index is -5.48. The van der Waals surface area contributed by atoms with E-state index in [4.69, 9.17) is 4.74 Å². The van der Waals surface area contributed by atoms with Crippen molar-refractivity contribution in [3.05, 3.63) is 58.9 Å². The maximum absolute atomic E-state index is 13.2. The van der Waals surface area contributed by atoms with Crippen molar-refractivity contribution in [3.63, 3.8) is 0 Å². The molecule has 3 heterocycles. The Bertz CT molecular complexity index is 1170. The second-order valence-electron chi connectivity index (χ2n) is 8.05. The maximum Gasteiger partial charge on any atom is 0.501 e. The summed E-state index contributed by atoms with van der Waals surface area (Å²) < 4.78 is 70.3. The number of epoxide rings is 1. The van der Waals surface area contributed by atoms with Crippen molar-refractivity contribution in [1.29, 1.82) is 0 Å². The fraction of sp³-hybridized carbons (Fsp3) is 0.381. The number of likely N-dealkylation sites (tertiary alicyclic amines) is 1. The molecule has 5 rings (SSSR count). The van der Waals surface area contributed by atoms with E-state index in [1.165, 1.54) is 6.07 Å². The zero-order valence-corrected chi connectivity index (χ0v) is 16.9. The lowest BCUT2D eigenvalue weighted by Crippen LogP contribution is -2.39. The van der Waals surface area contributed by atoms with Gasteiger partial charge in [0.25, 0.3) is 9.84 Å². The molecule has 1 aromatic heterocycles. The van der Waals surface area contributed by atoms with Gasteiger partial charge in [0.1, 0.15) is 5.60 Å². The molecule has 1 atom stereocenters. The SMILES string of the molecule is CN1CCC2(CC1)OC21c2cc(S(=O)(=O)C(F)(F)F)ccc2C=Cc2cccnc21. The maximum atomic E-state index is 13.2. The molecule has 0 radical (unpaired) electrons. The van der Waals surface area contributed by atoms with Crippen LogP contribution in [0.1, 0.15) is 35.2 Å². The summed E-state index contributed by atoms with van der Waals surface area (Å²) in [5, 5.41) is 0. The van der Waals surface area contributed by atoms with Crippen molar-refractivity contribution in [2.24, 2.45) is 0 Å². The Morgan fingerprint density at radius 3 is 2.50 bits per heavy atom. The molecule has 158 valence electrons. The summed E-state index contributed by atoms with van der Waals surface area (Å²) in [6, 6.07) is 7.22. The summed E-state index contributed by atoms with van der Waals surface area (Å²) in [4.78, 5) is 5.93. The summed E-state index contributed by atoms with van der Waals surface area (Å²) in [6.45, 7) is 1.54. The van der Waals surface area contributed by atoms with Gasteiger partial charge in [-0.1, -0.05) is 24.3 Å². The van der Waals surface area contributed by atoms with Crippen molar-refractivity contribution in [3.8, 4) is 0 Å². The van der Waals surface area contributed by atoms with Crippen molar-refractivity contribution < 1.29 is 26.3 Å². The number of benzene rings is 1. The number of ether oxygens (including phenoxy) is 1. The van der Waals surface area contributed by atoms with Gasteiger partial charge >= 0.3 is 5.51 Å². The molecule has 1 aliphatic carbocycles. The van der Waals surface area contributed by atoms with Crippen LogP contribution in [0, 0.1) is 0 Å². The minimum absolute atomic E-state index is 0.422. The van der Waals surface area contributed by atoms with Gasteiger partial charge in [0.05, 0.1) is 10.6 Å². The number of fused-ring (bicyclic) bond motifs is 5. The molecule has 0 saturated carbocycles. The number of aromatic nitrogens is 1. The first-order chi connectivity index (χ1) is 14.1. The Morgan fingerprint density at radius 2 is 1.80 bits per heavy atom. The number of pyridine rings is 1. The first kappa shape index (κ1) is 19.7. The second kappa shape index (κ2) is 6.15.